The van der Waals surface area contributed by atoms with Crippen LogP contribution in [0.5, 0.6) is 0 Å². The Morgan fingerprint density at radius 3 is 2.52 bits per heavy atom. The molecule has 10 nitrogen and oxygen atoms in total. The van der Waals surface area contributed by atoms with Crippen LogP contribution in [0.25, 0.3) is 0 Å². The van der Waals surface area contributed by atoms with E-state index in [9.17, 15) is 24.0 Å². The molecule has 0 aromatic heterocycles. The summed E-state index contributed by atoms with van der Waals surface area (Å²) in [5.74, 6) is -1.39. The van der Waals surface area contributed by atoms with E-state index < -0.39 is 36.1 Å². The minimum absolute atomic E-state index is 0.0284. The van der Waals surface area contributed by atoms with E-state index in [1.807, 2.05) is 0 Å². The highest BCUT2D eigenvalue weighted by molar-refractivity contribution is 6.07. The molecule has 6 amide bonds. The van der Waals surface area contributed by atoms with E-state index in [-0.39, 0.29) is 24.9 Å². The number of nitrogens with zero attached hydrogens (tertiary/aromatic N) is 1. The fourth-order valence-corrected chi connectivity index (χ4v) is 4.69. The molecule has 2 aliphatic carbocycles. The quantitative estimate of drug-likeness (QED) is 0.428. The van der Waals surface area contributed by atoms with Crippen LogP contribution in [0.2, 0.25) is 0 Å². The number of ether oxygens (including phenoxy) is 1. The van der Waals surface area contributed by atoms with Crippen molar-refractivity contribution in [3.05, 3.63) is 0 Å². The highest BCUT2D eigenvalue weighted by Crippen LogP contribution is 2.33. The number of rotatable bonds is 6. The van der Waals surface area contributed by atoms with Gasteiger partial charge in [0.25, 0.3) is 11.8 Å². The summed E-state index contributed by atoms with van der Waals surface area (Å²) in [6.45, 7) is 1.36. The fourth-order valence-electron chi connectivity index (χ4n) is 4.69. The minimum Gasteiger partial charge on any atom is -0.456 e. The maximum atomic E-state index is 12.7. The zero-order chi connectivity index (χ0) is 22.4. The van der Waals surface area contributed by atoms with Gasteiger partial charge >= 0.3 is 18.0 Å². The zero-order valence-corrected chi connectivity index (χ0v) is 18.0. The number of carbonyl (C=O) groups is 5. The Morgan fingerprint density at radius 1 is 1.10 bits per heavy atom. The number of carbonyl (C=O) groups excluding carboxylic acids is 5. The Hall–Kier alpha value is -2.65. The van der Waals surface area contributed by atoms with Crippen LogP contribution in [-0.4, -0.2) is 59.5 Å². The van der Waals surface area contributed by atoms with Crippen LogP contribution in [0.15, 0.2) is 0 Å². The van der Waals surface area contributed by atoms with Crippen molar-refractivity contribution < 1.29 is 28.7 Å². The maximum absolute atomic E-state index is 12.7. The third kappa shape index (κ3) is 5.74. The lowest BCUT2D eigenvalue weighted by molar-refractivity contribution is -0.148. The molecule has 3 rings (SSSR count). The van der Waals surface area contributed by atoms with Crippen molar-refractivity contribution in [3.63, 3.8) is 0 Å². The molecule has 31 heavy (non-hydrogen) atoms. The molecule has 0 bridgehead atoms. The Morgan fingerprint density at radius 2 is 1.81 bits per heavy atom. The molecule has 3 N–H and O–H groups in total. The van der Waals surface area contributed by atoms with Gasteiger partial charge in [-0.15, -0.1) is 0 Å². The average Bonchev–Trinajstić information content (AvgIpc) is 2.96. The van der Waals surface area contributed by atoms with E-state index >= 15 is 0 Å². The molecule has 1 aliphatic heterocycles. The third-order valence-electron chi connectivity index (χ3n) is 6.54. The fraction of sp³-hybridized carbons (Fsp3) is 0.762. The van der Waals surface area contributed by atoms with Crippen molar-refractivity contribution in [1.29, 1.82) is 0 Å². The lowest BCUT2D eigenvalue weighted by Gasteiger charge is -2.30. The summed E-state index contributed by atoms with van der Waals surface area (Å²) < 4.78 is 4.88. The third-order valence-corrected chi connectivity index (χ3v) is 6.54. The first-order valence-corrected chi connectivity index (χ1v) is 11.2. The van der Waals surface area contributed by atoms with E-state index in [4.69, 9.17) is 4.74 Å². The van der Waals surface area contributed by atoms with Crippen LogP contribution in [0.4, 0.5) is 9.59 Å². The molecule has 2 saturated carbocycles. The SMILES string of the molecule is CC1CCCCC1NC(=O)NC(=O)COC(=O)CCN1C(=O)NC2(CCCCC2)C1=O. The summed E-state index contributed by atoms with van der Waals surface area (Å²) in [5, 5.41) is 7.72. The van der Waals surface area contributed by atoms with Gasteiger partial charge in [-0.05, 0) is 31.6 Å². The van der Waals surface area contributed by atoms with E-state index in [1.165, 1.54) is 0 Å². The number of amides is 6. The molecule has 1 saturated heterocycles. The summed E-state index contributed by atoms with van der Waals surface area (Å²) in [6, 6.07) is -1.07. The van der Waals surface area contributed by atoms with E-state index in [1.54, 1.807) is 0 Å². The molecule has 2 unspecified atom stereocenters. The second-order valence-corrected chi connectivity index (χ2v) is 8.83. The second-order valence-electron chi connectivity index (χ2n) is 8.83. The van der Waals surface area contributed by atoms with Gasteiger partial charge in [-0.2, -0.15) is 0 Å². The van der Waals surface area contributed by atoms with Crippen LogP contribution >= 0.6 is 0 Å². The molecular formula is C21H32N4O6. The van der Waals surface area contributed by atoms with E-state index in [0.29, 0.717) is 18.8 Å². The summed E-state index contributed by atoms with van der Waals surface area (Å²) in [5.41, 5.74) is -0.831. The summed E-state index contributed by atoms with van der Waals surface area (Å²) in [4.78, 5) is 61.7. The Kier molecular flexibility index (Phi) is 7.50. The Bertz CT molecular complexity index is 733. The molecule has 0 aromatic rings. The number of hydrogen-bond acceptors (Lipinski definition) is 6. The van der Waals surface area contributed by atoms with Crippen molar-refractivity contribution >= 4 is 29.8 Å². The highest BCUT2D eigenvalue weighted by Gasteiger charge is 2.51. The van der Waals surface area contributed by atoms with Gasteiger partial charge in [0.1, 0.15) is 5.54 Å². The van der Waals surface area contributed by atoms with Crippen LogP contribution < -0.4 is 16.0 Å². The molecule has 10 heteroatoms. The van der Waals surface area contributed by atoms with Gasteiger partial charge in [0.05, 0.1) is 6.42 Å². The van der Waals surface area contributed by atoms with Gasteiger partial charge < -0.3 is 15.4 Å². The summed E-state index contributed by atoms with van der Waals surface area (Å²) in [6.07, 6.45) is 7.90. The highest BCUT2D eigenvalue weighted by atomic mass is 16.5. The Labute approximate surface area is 181 Å². The lowest BCUT2D eigenvalue weighted by atomic mass is 9.82. The predicted octanol–water partition coefficient (Wildman–Crippen LogP) is 1.58. The first-order valence-electron chi connectivity index (χ1n) is 11.2. The standard InChI is InChI=1S/C21H32N4O6/c1-14-7-3-4-8-15(14)22-19(29)23-16(26)13-31-17(27)9-12-25-18(28)21(24-20(25)30)10-5-2-6-11-21/h14-15H,2-13H2,1H3,(H,24,30)(H2,22,23,26,29). The van der Waals surface area contributed by atoms with Crippen molar-refractivity contribution in [1.82, 2.24) is 20.9 Å². The summed E-state index contributed by atoms with van der Waals surface area (Å²) >= 11 is 0. The molecule has 0 aromatic carbocycles. The molecule has 3 aliphatic rings. The molecule has 1 spiro atoms. The topological polar surface area (TPSA) is 134 Å². The normalized spacial score (nSPS) is 25.1. The molecule has 172 valence electrons. The largest absolute Gasteiger partial charge is 0.456 e. The van der Waals surface area contributed by atoms with Crippen molar-refractivity contribution in [2.75, 3.05) is 13.2 Å². The molecule has 2 atom stereocenters. The average molecular weight is 437 g/mol. The maximum Gasteiger partial charge on any atom is 0.325 e. The van der Waals surface area contributed by atoms with Gasteiger partial charge in [0.15, 0.2) is 6.61 Å². The zero-order valence-electron chi connectivity index (χ0n) is 18.0. The number of nitrogens with one attached hydrogen (secondary N) is 3. The van der Waals surface area contributed by atoms with E-state index in [0.717, 1.165) is 49.8 Å². The van der Waals surface area contributed by atoms with Crippen molar-refractivity contribution in [2.24, 2.45) is 5.92 Å². The monoisotopic (exact) mass is 436 g/mol. The Balaban J connectivity index is 1.36. The van der Waals surface area contributed by atoms with Crippen molar-refractivity contribution in [2.45, 2.75) is 82.7 Å². The van der Waals surface area contributed by atoms with E-state index in [2.05, 4.69) is 22.9 Å². The molecular weight excluding hydrogens is 404 g/mol. The molecule has 1 heterocycles. The number of esters is 1. The van der Waals surface area contributed by atoms with Crippen molar-refractivity contribution in [3.8, 4) is 0 Å². The van der Waals surface area contributed by atoms with Gasteiger partial charge in [0, 0.05) is 12.6 Å². The van der Waals surface area contributed by atoms with Gasteiger partial charge in [0.2, 0.25) is 0 Å². The van der Waals surface area contributed by atoms with Gasteiger partial charge in [-0.3, -0.25) is 24.6 Å². The minimum atomic E-state index is -0.831. The summed E-state index contributed by atoms with van der Waals surface area (Å²) in [7, 11) is 0. The van der Waals surface area contributed by atoms with Crippen LogP contribution in [0.1, 0.15) is 71.1 Å². The smallest absolute Gasteiger partial charge is 0.325 e. The van der Waals surface area contributed by atoms with Crippen LogP contribution in [-0.2, 0) is 19.1 Å². The van der Waals surface area contributed by atoms with Crippen LogP contribution in [0, 0.1) is 5.92 Å². The first kappa shape index (κ1) is 23.0. The molecule has 0 radical (unpaired) electrons. The number of imide groups is 2. The lowest BCUT2D eigenvalue weighted by Crippen LogP contribution is -2.48. The van der Waals surface area contributed by atoms with Gasteiger partial charge in [-0.1, -0.05) is 39.0 Å². The number of urea groups is 2. The predicted molar refractivity (Wildman–Crippen MR) is 110 cm³/mol. The van der Waals surface area contributed by atoms with Gasteiger partial charge in [-0.25, -0.2) is 9.59 Å². The van der Waals surface area contributed by atoms with Crippen LogP contribution in [0.3, 0.4) is 0 Å². The second kappa shape index (κ2) is 10.1. The number of hydrogen-bond donors (Lipinski definition) is 3. The molecule has 3 fully saturated rings. The first-order chi connectivity index (χ1) is 14.8.